The molecule has 0 atom stereocenters. The Morgan fingerprint density at radius 1 is 1.06 bits per heavy atom. The first-order valence-corrected chi connectivity index (χ1v) is 5.54. The number of hydrogen-bond donors (Lipinski definition) is 0. The van der Waals surface area contributed by atoms with E-state index in [1.807, 2.05) is 6.20 Å². The summed E-state index contributed by atoms with van der Waals surface area (Å²) in [5.74, 6) is 0. The number of aromatic nitrogens is 1. The van der Waals surface area contributed by atoms with Crippen molar-refractivity contribution in [2.75, 3.05) is 0 Å². The van der Waals surface area contributed by atoms with E-state index in [1.165, 1.54) is 0 Å². The minimum Gasteiger partial charge on any atom is -0.201 e. The van der Waals surface area contributed by atoms with Crippen molar-refractivity contribution in [3.05, 3.63) is 52.7 Å². The zero-order valence-electron chi connectivity index (χ0n) is 16.3. The topological polar surface area (TPSA) is 3.88 Å². The van der Waals surface area contributed by atoms with E-state index in [0.29, 0.717) is 16.8 Å². The summed E-state index contributed by atoms with van der Waals surface area (Å²) in [5.41, 5.74) is 3.31. The molecule has 2 aromatic rings. The number of rotatable bonds is 1. The van der Waals surface area contributed by atoms with Crippen molar-refractivity contribution in [1.29, 1.82) is 0 Å². The maximum Gasteiger partial charge on any atom is 0.215 e. The highest BCUT2D eigenvalue weighted by atomic mass is 14.9. The summed E-state index contributed by atoms with van der Waals surface area (Å²) in [5, 5.41) is 0. The molecule has 2 rings (SSSR count). The van der Waals surface area contributed by atoms with E-state index in [-0.39, 0.29) is 5.56 Å². The molecule has 0 aliphatic rings. The van der Waals surface area contributed by atoms with E-state index < -0.39 is 13.7 Å². The fraction of sp³-hybridized carbons (Fsp3) is 0.312. The predicted molar refractivity (Wildman–Crippen MR) is 72.0 cm³/mol. The van der Waals surface area contributed by atoms with Gasteiger partial charge in [-0.1, -0.05) is 17.7 Å². The van der Waals surface area contributed by atoms with Gasteiger partial charge in [0, 0.05) is 25.4 Å². The maximum absolute atomic E-state index is 7.84. The molecule has 0 N–H and O–H groups in total. The average molecular weight is 232 g/mol. The third kappa shape index (κ3) is 2.10. The molecule has 0 amide bonds. The number of pyridine rings is 1. The quantitative estimate of drug-likeness (QED) is 0.663. The second kappa shape index (κ2) is 4.33. The zero-order valence-corrected chi connectivity index (χ0v) is 10.3. The molecule has 0 saturated carbocycles. The minimum absolute atomic E-state index is 0.254. The van der Waals surface area contributed by atoms with Crippen molar-refractivity contribution in [3.8, 4) is 11.3 Å². The highest BCUT2D eigenvalue weighted by molar-refractivity contribution is 5.65. The Labute approximate surface area is 112 Å². The lowest BCUT2D eigenvalue weighted by Crippen LogP contribution is -2.32. The van der Waals surface area contributed by atoms with Crippen LogP contribution in [0.15, 0.2) is 30.5 Å². The molecule has 0 saturated heterocycles. The molecule has 1 nitrogen and oxygen atoms in total. The smallest absolute Gasteiger partial charge is 0.201 e. The van der Waals surface area contributed by atoms with Crippen LogP contribution < -0.4 is 4.57 Å². The van der Waals surface area contributed by atoms with Gasteiger partial charge in [-0.2, -0.15) is 0 Å². The van der Waals surface area contributed by atoms with Crippen molar-refractivity contribution < 1.29 is 12.8 Å². The second-order valence-electron chi connectivity index (χ2n) is 4.36. The molecular formula is C16H20N+. The molecule has 0 radical (unpaired) electrons. The summed E-state index contributed by atoms with van der Waals surface area (Å²) < 4.78 is 47.8. The SMILES string of the molecule is [2H]C([2H])([2H])c1ccc(-c2c(C([2H])([2H])[2H])c(C)cc[n+]2C)c(C)c1. The van der Waals surface area contributed by atoms with Crippen molar-refractivity contribution in [1.82, 2.24) is 0 Å². The maximum atomic E-state index is 7.84. The van der Waals surface area contributed by atoms with Crippen LogP contribution in [0.5, 0.6) is 0 Å². The third-order valence-electron chi connectivity index (χ3n) is 3.01. The van der Waals surface area contributed by atoms with Gasteiger partial charge in [0.2, 0.25) is 5.69 Å². The van der Waals surface area contributed by atoms with Crippen molar-refractivity contribution in [2.45, 2.75) is 27.6 Å². The Balaban J connectivity index is 2.76. The molecule has 1 aromatic heterocycles. The van der Waals surface area contributed by atoms with Gasteiger partial charge in [0.15, 0.2) is 6.20 Å². The van der Waals surface area contributed by atoms with Crippen molar-refractivity contribution >= 4 is 0 Å². The van der Waals surface area contributed by atoms with Crippen molar-refractivity contribution in [3.63, 3.8) is 0 Å². The zero-order chi connectivity index (χ0) is 17.6. The fourth-order valence-corrected chi connectivity index (χ4v) is 2.00. The van der Waals surface area contributed by atoms with Gasteiger partial charge in [0.25, 0.3) is 0 Å². The van der Waals surface area contributed by atoms with Gasteiger partial charge in [0.1, 0.15) is 7.05 Å². The molecule has 0 aliphatic heterocycles. The molecule has 0 unspecified atom stereocenters. The molecular weight excluding hydrogens is 206 g/mol. The first kappa shape index (κ1) is 6.34. The first-order valence-electron chi connectivity index (χ1n) is 8.54. The fourth-order valence-electron chi connectivity index (χ4n) is 2.00. The normalized spacial score (nSPS) is 17.4. The van der Waals surface area contributed by atoms with E-state index in [9.17, 15) is 0 Å². The van der Waals surface area contributed by atoms with Crippen LogP contribution in [0.1, 0.15) is 30.5 Å². The van der Waals surface area contributed by atoms with Crippen LogP contribution in [0, 0.1) is 27.6 Å². The van der Waals surface area contributed by atoms with Gasteiger partial charge in [-0.25, -0.2) is 4.57 Å². The lowest BCUT2D eigenvalue weighted by atomic mass is 9.97. The Kier molecular flexibility index (Phi) is 1.61. The standard InChI is InChI=1S/C16H20N/c1-11-6-7-15(13(3)10-11)16-14(4)12(2)8-9-17(16)5/h6-10H,1-5H3/q+1/i1D3,4D3. The number of aryl methyl sites for hydroxylation is 4. The van der Waals surface area contributed by atoms with Crippen LogP contribution in [-0.4, -0.2) is 0 Å². The van der Waals surface area contributed by atoms with Crippen LogP contribution in [0.2, 0.25) is 0 Å². The Bertz CT molecular complexity index is 743. The Hall–Kier alpha value is -1.63. The molecule has 0 fully saturated rings. The molecule has 88 valence electrons. The second-order valence-corrected chi connectivity index (χ2v) is 4.36. The van der Waals surface area contributed by atoms with Crippen LogP contribution in [-0.2, 0) is 7.05 Å². The molecule has 1 heterocycles. The van der Waals surface area contributed by atoms with E-state index in [1.54, 1.807) is 49.7 Å². The molecule has 17 heavy (non-hydrogen) atoms. The summed E-state index contributed by atoms with van der Waals surface area (Å²) >= 11 is 0. The van der Waals surface area contributed by atoms with Gasteiger partial charge in [-0.3, -0.25) is 0 Å². The first-order chi connectivity index (χ1) is 10.4. The Morgan fingerprint density at radius 2 is 1.88 bits per heavy atom. The summed E-state index contributed by atoms with van der Waals surface area (Å²) in [4.78, 5) is 0. The van der Waals surface area contributed by atoms with Gasteiger partial charge < -0.3 is 0 Å². The number of nitrogens with zero attached hydrogens (tertiary/aromatic N) is 1. The highest BCUT2D eigenvalue weighted by Gasteiger charge is 2.16. The van der Waals surface area contributed by atoms with Gasteiger partial charge in [-0.05, 0) is 44.7 Å². The molecule has 0 spiro atoms. The predicted octanol–water partition coefficient (Wildman–Crippen LogP) is 3.41. The Morgan fingerprint density at radius 3 is 2.53 bits per heavy atom. The number of hydrogen-bond acceptors (Lipinski definition) is 0. The highest BCUT2D eigenvalue weighted by Crippen LogP contribution is 2.25. The summed E-state index contributed by atoms with van der Waals surface area (Å²) in [6.45, 7) is -0.841. The lowest BCUT2D eigenvalue weighted by Gasteiger charge is -2.09. The molecule has 0 bridgehead atoms. The molecule has 1 heteroatoms. The van der Waals surface area contributed by atoms with E-state index >= 15 is 0 Å². The van der Waals surface area contributed by atoms with E-state index in [2.05, 4.69) is 0 Å². The monoisotopic (exact) mass is 232 g/mol. The lowest BCUT2D eigenvalue weighted by molar-refractivity contribution is -0.660. The van der Waals surface area contributed by atoms with Crippen molar-refractivity contribution in [2.24, 2.45) is 7.05 Å². The average Bonchev–Trinajstić information content (AvgIpc) is 2.39. The van der Waals surface area contributed by atoms with Crippen LogP contribution >= 0.6 is 0 Å². The molecule has 0 aliphatic carbocycles. The summed E-state index contributed by atoms with van der Waals surface area (Å²) in [6.07, 6.45) is 1.82. The van der Waals surface area contributed by atoms with Gasteiger partial charge >= 0.3 is 0 Å². The molecule has 1 aromatic carbocycles. The van der Waals surface area contributed by atoms with Crippen LogP contribution in [0.25, 0.3) is 11.3 Å². The van der Waals surface area contributed by atoms with Crippen LogP contribution in [0.3, 0.4) is 0 Å². The third-order valence-corrected chi connectivity index (χ3v) is 3.01. The largest absolute Gasteiger partial charge is 0.215 e. The minimum atomic E-state index is -2.24. The summed E-state index contributed by atoms with van der Waals surface area (Å²) in [7, 11) is 1.79. The summed E-state index contributed by atoms with van der Waals surface area (Å²) in [6, 6.07) is 6.62. The van der Waals surface area contributed by atoms with Crippen LogP contribution in [0.4, 0.5) is 0 Å². The van der Waals surface area contributed by atoms with E-state index in [4.69, 9.17) is 8.22 Å². The van der Waals surface area contributed by atoms with Gasteiger partial charge in [0.05, 0.1) is 0 Å². The van der Waals surface area contributed by atoms with E-state index in [0.717, 1.165) is 11.1 Å². The van der Waals surface area contributed by atoms with Gasteiger partial charge in [-0.15, -0.1) is 0 Å². The number of benzene rings is 1.